The normalized spacial score (nSPS) is 24.5. The molecular weight excluding hydrogens is 120 g/mol. The SMILES string of the molecule is CC1(C)C=CSC1=O. The van der Waals surface area contributed by atoms with Crippen LogP contribution in [0, 0.1) is 5.41 Å². The fourth-order valence-corrected chi connectivity index (χ4v) is 1.39. The number of allylic oxidation sites excluding steroid dienone is 1. The summed E-state index contributed by atoms with van der Waals surface area (Å²) in [6.07, 6.45) is 1.93. The molecule has 0 N–H and O–H groups in total. The van der Waals surface area contributed by atoms with Crippen molar-refractivity contribution >= 4 is 16.9 Å². The summed E-state index contributed by atoms with van der Waals surface area (Å²) in [4.78, 5) is 10.8. The van der Waals surface area contributed by atoms with E-state index < -0.39 is 0 Å². The van der Waals surface area contributed by atoms with E-state index in [4.69, 9.17) is 0 Å². The predicted octanol–water partition coefficient (Wildman–Crippen LogP) is 1.80. The van der Waals surface area contributed by atoms with Gasteiger partial charge in [-0.05, 0) is 19.3 Å². The summed E-state index contributed by atoms with van der Waals surface area (Å²) in [6.45, 7) is 3.84. The van der Waals surface area contributed by atoms with E-state index in [1.807, 2.05) is 25.3 Å². The van der Waals surface area contributed by atoms with E-state index in [1.54, 1.807) is 0 Å². The Morgan fingerprint density at radius 2 is 2.25 bits per heavy atom. The zero-order valence-electron chi connectivity index (χ0n) is 4.97. The Morgan fingerprint density at radius 1 is 1.62 bits per heavy atom. The van der Waals surface area contributed by atoms with Crippen molar-refractivity contribution in [3.63, 3.8) is 0 Å². The molecule has 0 atom stereocenters. The van der Waals surface area contributed by atoms with Crippen molar-refractivity contribution in [2.24, 2.45) is 5.41 Å². The predicted molar refractivity (Wildman–Crippen MR) is 35.5 cm³/mol. The van der Waals surface area contributed by atoms with E-state index >= 15 is 0 Å². The summed E-state index contributed by atoms with van der Waals surface area (Å²) in [6, 6.07) is 0. The minimum atomic E-state index is -0.204. The average molecular weight is 128 g/mol. The fourth-order valence-electron chi connectivity index (χ4n) is 0.486. The number of carbonyl (C=O) groups is 1. The highest BCUT2D eigenvalue weighted by molar-refractivity contribution is 8.16. The summed E-state index contributed by atoms with van der Waals surface area (Å²) in [5, 5.41) is 2.10. The third-order valence-corrected chi connectivity index (χ3v) is 2.20. The van der Waals surface area contributed by atoms with Crippen molar-refractivity contribution in [1.29, 1.82) is 0 Å². The molecule has 0 saturated carbocycles. The maximum absolute atomic E-state index is 10.8. The molecule has 1 aliphatic heterocycles. The van der Waals surface area contributed by atoms with Crippen LogP contribution in [-0.2, 0) is 4.79 Å². The maximum atomic E-state index is 10.8. The molecule has 2 heteroatoms. The van der Waals surface area contributed by atoms with Gasteiger partial charge in [0.1, 0.15) is 0 Å². The molecule has 0 aromatic rings. The van der Waals surface area contributed by atoms with Crippen LogP contribution >= 0.6 is 11.8 Å². The first-order valence-electron chi connectivity index (χ1n) is 2.52. The van der Waals surface area contributed by atoms with Gasteiger partial charge in [0.2, 0.25) is 5.12 Å². The first-order valence-corrected chi connectivity index (χ1v) is 3.40. The lowest BCUT2D eigenvalue weighted by Gasteiger charge is -2.08. The molecular formula is C6H8OS. The Kier molecular flexibility index (Phi) is 1.19. The molecule has 0 bridgehead atoms. The molecule has 0 aromatic heterocycles. The van der Waals surface area contributed by atoms with Crippen LogP contribution < -0.4 is 0 Å². The van der Waals surface area contributed by atoms with Crippen molar-refractivity contribution in [2.75, 3.05) is 0 Å². The number of hydrogen-bond acceptors (Lipinski definition) is 2. The van der Waals surface area contributed by atoms with Gasteiger partial charge in [-0.1, -0.05) is 17.8 Å². The second kappa shape index (κ2) is 1.62. The molecule has 0 radical (unpaired) electrons. The molecule has 0 amide bonds. The zero-order valence-corrected chi connectivity index (χ0v) is 5.79. The second-order valence-electron chi connectivity index (χ2n) is 2.43. The lowest BCUT2D eigenvalue weighted by molar-refractivity contribution is -0.115. The first-order chi connectivity index (χ1) is 3.63. The molecule has 0 unspecified atom stereocenters. The van der Waals surface area contributed by atoms with Crippen LogP contribution in [0.3, 0.4) is 0 Å². The molecule has 1 heterocycles. The van der Waals surface area contributed by atoms with E-state index in [2.05, 4.69) is 0 Å². The van der Waals surface area contributed by atoms with Crippen LogP contribution in [0.15, 0.2) is 11.5 Å². The zero-order chi connectivity index (χ0) is 6.20. The summed E-state index contributed by atoms with van der Waals surface area (Å²) in [7, 11) is 0. The molecule has 1 nitrogen and oxygen atoms in total. The molecule has 1 rings (SSSR count). The van der Waals surface area contributed by atoms with Gasteiger partial charge in [-0.15, -0.1) is 0 Å². The molecule has 0 fully saturated rings. The number of carbonyl (C=O) groups excluding carboxylic acids is 1. The van der Waals surface area contributed by atoms with E-state index in [9.17, 15) is 4.79 Å². The molecule has 1 aliphatic rings. The van der Waals surface area contributed by atoms with Gasteiger partial charge in [0.25, 0.3) is 0 Å². The third kappa shape index (κ3) is 0.802. The van der Waals surface area contributed by atoms with Crippen LogP contribution in [0.5, 0.6) is 0 Å². The van der Waals surface area contributed by atoms with Crippen LogP contribution in [0.4, 0.5) is 0 Å². The van der Waals surface area contributed by atoms with Gasteiger partial charge >= 0.3 is 0 Å². The van der Waals surface area contributed by atoms with E-state index in [-0.39, 0.29) is 10.5 Å². The Bertz CT molecular complexity index is 147. The van der Waals surface area contributed by atoms with Gasteiger partial charge in [0, 0.05) is 0 Å². The highest BCUT2D eigenvalue weighted by atomic mass is 32.2. The largest absolute Gasteiger partial charge is 0.286 e. The highest BCUT2D eigenvalue weighted by Gasteiger charge is 2.27. The molecule has 8 heavy (non-hydrogen) atoms. The topological polar surface area (TPSA) is 17.1 Å². The Hall–Kier alpha value is -0.240. The minimum Gasteiger partial charge on any atom is -0.286 e. The van der Waals surface area contributed by atoms with Crippen LogP contribution in [0.1, 0.15) is 13.8 Å². The smallest absolute Gasteiger partial charge is 0.202 e. The quantitative estimate of drug-likeness (QED) is 0.495. The van der Waals surface area contributed by atoms with Gasteiger partial charge < -0.3 is 0 Å². The summed E-state index contributed by atoms with van der Waals surface area (Å²) in [5.74, 6) is 0. The van der Waals surface area contributed by atoms with Crippen molar-refractivity contribution in [3.8, 4) is 0 Å². The molecule has 0 saturated heterocycles. The van der Waals surface area contributed by atoms with Crippen molar-refractivity contribution in [1.82, 2.24) is 0 Å². The monoisotopic (exact) mass is 128 g/mol. The average Bonchev–Trinajstić information content (AvgIpc) is 1.86. The number of rotatable bonds is 0. The van der Waals surface area contributed by atoms with Crippen molar-refractivity contribution < 1.29 is 4.79 Å². The van der Waals surface area contributed by atoms with Crippen molar-refractivity contribution in [3.05, 3.63) is 11.5 Å². The lowest BCUT2D eigenvalue weighted by atomic mass is 9.97. The van der Waals surface area contributed by atoms with E-state index in [0.717, 1.165) is 0 Å². The summed E-state index contributed by atoms with van der Waals surface area (Å²) < 4.78 is 0. The molecule has 0 spiro atoms. The Morgan fingerprint density at radius 3 is 2.38 bits per heavy atom. The van der Waals surface area contributed by atoms with Crippen molar-refractivity contribution in [2.45, 2.75) is 13.8 Å². The van der Waals surface area contributed by atoms with Gasteiger partial charge in [0.05, 0.1) is 5.41 Å². The van der Waals surface area contributed by atoms with Crippen LogP contribution in [0.2, 0.25) is 0 Å². The van der Waals surface area contributed by atoms with Gasteiger partial charge in [-0.25, -0.2) is 0 Å². The van der Waals surface area contributed by atoms with E-state index in [0.29, 0.717) is 0 Å². The lowest BCUT2D eigenvalue weighted by Crippen LogP contribution is -2.13. The number of thioether (sulfide) groups is 1. The molecule has 0 aromatic carbocycles. The molecule has 0 aliphatic carbocycles. The Labute approximate surface area is 53.2 Å². The molecule has 44 valence electrons. The summed E-state index contributed by atoms with van der Waals surface area (Å²) in [5.41, 5.74) is -0.204. The Balaban J connectivity index is 2.82. The first kappa shape index (κ1) is 5.89. The van der Waals surface area contributed by atoms with E-state index in [1.165, 1.54) is 11.8 Å². The second-order valence-corrected chi connectivity index (χ2v) is 3.31. The van der Waals surface area contributed by atoms with Gasteiger partial charge in [-0.2, -0.15) is 0 Å². The standard InChI is InChI=1S/C6H8OS/c1-6(2)3-4-8-5(6)7/h3-4H,1-2H3. The van der Waals surface area contributed by atoms with Gasteiger partial charge in [-0.3, -0.25) is 4.79 Å². The fraction of sp³-hybridized carbons (Fsp3) is 0.500. The van der Waals surface area contributed by atoms with Gasteiger partial charge in [0.15, 0.2) is 0 Å². The third-order valence-electron chi connectivity index (χ3n) is 1.19. The number of hydrogen-bond donors (Lipinski definition) is 0. The maximum Gasteiger partial charge on any atom is 0.202 e. The summed E-state index contributed by atoms with van der Waals surface area (Å²) >= 11 is 1.28. The van der Waals surface area contributed by atoms with Crippen LogP contribution in [0.25, 0.3) is 0 Å². The highest BCUT2D eigenvalue weighted by Crippen LogP contribution is 2.32. The minimum absolute atomic E-state index is 0.204. The van der Waals surface area contributed by atoms with Crippen LogP contribution in [-0.4, -0.2) is 5.12 Å².